The number of hydrogen-bond acceptors (Lipinski definition) is 4. The van der Waals surface area contributed by atoms with E-state index in [-0.39, 0.29) is 5.91 Å². The molecule has 1 aromatic rings. The molecule has 0 N–H and O–H groups in total. The second-order valence-electron chi connectivity index (χ2n) is 6.42. The highest BCUT2D eigenvalue weighted by Crippen LogP contribution is 2.37. The van der Waals surface area contributed by atoms with Gasteiger partial charge in [-0.05, 0) is 24.6 Å². The summed E-state index contributed by atoms with van der Waals surface area (Å²) in [6, 6.07) is 3.39. The largest absolute Gasteiger partial charge is 0.493 e. The van der Waals surface area contributed by atoms with Gasteiger partial charge in [-0.3, -0.25) is 4.79 Å². The minimum absolute atomic E-state index is 0.0126. The van der Waals surface area contributed by atoms with E-state index in [1.54, 1.807) is 19.2 Å². The molecule has 1 aromatic carbocycles. The van der Waals surface area contributed by atoms with Crippen LogP contribution >= 0.6 is 11.6 Å². The third-order valence-corrected chi connectivity index (χ3v) is 4.42. The van der Waals surface area contributed by atoms with Crippen molar-refractivity contribution in [3.63, 3.8) is 0 Å². The van der Waals surface area contributed by atoms with Crippen LogP contribution in [0.4, 0.5) is 0 Å². The Labute approximate surface area is 149 Å². The quantitative estimate of drug-likeness (QED) is 0.787. The minimum atomic E-state index is -0.0126. The third kappa shape index (κ3) is 4.54. The van der Waals surface area contributed by atoms with Crippen LogP contribution in [0, 0.1) is 5.92 Å². The molecule has 1 heterocycles. The number of nitrogens with zero attached hydrogens (tertiary/aromatic N) is 2. The molecule has 1 aliphatic heterocycles. The van der Waals surface area contributed by atoms with Gasteiger partial charge in [-0.2, -0.15) is 0 Å². The molecule has 6 heteroatoms. The van der Waals surface area contributed by atoms with Gasteiger partial charge in [0.05, 0.1) is 18.7 Å². The van der Waals surface area contributed by atoms with Crippen molar-refractivity contribution in [1.82, 2.24) is 9.80 Å². The first-order valence-corrected chi connectivity index (χ1v) is 8.86. The molecule has 0 aromatic heterocycles. The summed E-state index contributed by atoms with van der Waals surface area (Å²) in [4.78, 5) is 16.9. The van der Waals surface area contributed by atoms with Crippen molar-refractivity contribution in [3.05, 3.63) is 22.7 Å². The van der Waals surface area contributed by atoms with Crippen LogP contribution in [0.1, 0.15) is 31.1 Å². The maximum atomic E-state index is 12.7. The van der Waals surface area contributed by atoms with E-state index < -0.39 is 0 Å². The minimum Gasteiger partial charge on any atom is -0.493 e. The first-order chi connectivity index (χ1) is 11.5. The second-order valence-corrected chi connectivity index (χ2v) is 6.83. The summed E-state index contributed by atoms with van der Waals surface area (Å²) < 4.78 is 11.1. The Morgan fingerprint density at radius 3 is 2.46 bits per heavy atom. The maximum absolute atomic E-state index is 12.7. The fourth-order valence-corrected chi connectivity index (χ4v) is 2.95. The number of likely N-dealkylation sites (N-methyl/N-ethyl adjacent to an activating group) is 1. The van der Waals surface area contributed by atoms with Crippen molar-refractivity contribution in [3.8, 4) is 11.5 Å². The molecule has 134 valence electrons. The Hall–Kier alpha value is -1.46. The lowest BCUT2D eigenvalue weighted by Gasteiger charge is -2.34. The molecule has 1 amide bonds. The van der Waals surface area contributed by atoms with Crippen LogP contribution in [0.15, 0.2) is 12.1 Å². The molecule has 0 radical (unpaired) electrons. The highest BCUT2D eigenvalue weighted by Gasteiger charge is 2.23. The van der Waals surface area contributed by atoms with E-state index in [9.17, 15) is 4.79 Å². The van der Waals surface area contributed by atoms with E-state index in [0.29, 0.717) is 34.6 Å². The number of piperazine rings is 1. The summed E-state index contributed by atoms with van der Waals surface area (Å²) in [5.41, 5.74) is 0.540. The molecule has 1 fully saturated rings. The molecule has 2 rings (SSSR count). The molecule has 5 nitrogen and oxygen atoms in total. The number of methoxy groups -OCH3 is 1. The molecule has 24 heavy (non-hydrogen) atoms. The van der Waals surface area contributed by atoms with Gasteiger partial charge in [0.2, 0.25) is 0 Å². The highest BCUT2D eigenvalue weighted by atomic mass is 35.5. The topological polar surface area (TPSA) is 42.0 Å². The van der Waals surface area contributed by atoms with Crippen molar-refractivity contribution in [2.75, 3.05) is 46.4 Å². The molecular formula is C18H27ClN2O3. The number of amides is 1. The fraction of sp³-hybridized carbons (Fsp3) is 0.611. The van der Waals surface area contributed by atoms with Crippen LogP contribution in [0.3, 0.4) is 0 Å². The Morgan fingerprint density at radius 1 is 1.25 bits per heavy atom. The Kier molecular flexibility index (Phi) is 6.75. The van der Waals surface area contributed by atoms with E-state index in [0.717, 1.165) is 32.7 Å². The van der Waals surface area contributed by atoms with Gasteiger partial charge in [-0.1, -0.05) is 32.4 Å². The molecule has 0 bridgehead atoms. The lowest BCUT2D eigenvalue weighted by Crippen LogP contribution is -2.48. The summed E-state index contributed by atoms with van der Waals surface area (Å²) in [6.07, 6.45) is 0. The van der Waals surface area contributed by atoms with Crippen molar-refractivity contribution in [2.24, 2.45) is 5.92 Å². The van der Waals surface area contributed by atoms with E-state index in [1.807, 2.05) is 4.90 Å². The first-order valence-electron chi connectivity index (χ1n) is 8.48. The normalized spacial score (nSPS) is 15.7. The summed E-state index contributed by atoms with van der Waals surface area (Å²) in [6.45, 7) is 11.1. The maximum Gasteiger partial charge on any atom is 0.254 e. The van der Waals surface area contributed by atoms with Crippen LogP contribution in [0.2, 0.25) is 5.02 Å². The smallest absolute Gasteiger partial charge is 0.254 e. The van der Waals surface area contributed by atoms with Crippen molar-refractivity contribution < 1.29 is 14.3 Å². The lowest BCUT2D eigenvalue weighted by atomic mass is 10.1. The number of ether oxygens (including phenoxy) is 2. The molecule has 1 aliphatic rings. The zero-order valence-electron chi connectivity index (χ0n) is 15.0. The van der Waals surface area contributed by atoms with Gasteiger partial charge in [0.25, 0.3) is 5.91 Å². The Morgan fingerprint density at radius 2 is 1.92 bits per heavy atom. The second kappa shape index (κ2) is 8.58. The van der Waals surface area contributed by atoms with Crippen LogP contribution in [0.25, 0.3) is 0 Å². The monoisotopic (exact) mass is 354 g/mol. The molecule has 0 aliphatic carbocycles. The third-order valence-electron chi connectivity index (χ3n) is 4.14. The van der Waals surface area contributed by atoms with Crippen molar-refractivity contribution >= 4 is 17.5 Å². The molecule has 0 saturated carbocycles. The first kappa shape index (κ1) is 18.9. The van der Waals surface area contributed by atoms with Crippen molar-refractivity contribution in [1.29, 1.82) is 0 Å². The number of carbonyl (C=O) groups is 1. The molecule has 0 unspecified atom stereocenters. The summed E-state index contributed by atoms with van der Waals surface area (Å²) >= 11 is 6.34. The number of rotatable bonds is 6. The van der Waals surface area contributed by atoms with Crippen LogP contribution < -0.4 is 9.47 Å². The molecular weight excluding hydrogens is 328 g/mol. The average Bonchev–Trinajstić information content (AvgIpc) is 2.59. The number of halogens is 1. The zero-order chi connectivity index (χ0) is 17.7. The molecule has 0 spiro atoms. The standard InChI is InChI=1S/C18H27ClN2O3/c1-5-20-6-8-21(9-7-20)18(22)14-10-15(19)17(16(11-14)23-4)24-12-13(2)3/h10-11,13H,5-9,12H2,1-4H3. The number of hydrogen-bond donors (Lipinski definition) is 0. The van der Waals surface area contributed by atoms with Crippen LogP contribution in [0.5, 0.6) is 11.5 Å². The van der Waals surface area contributed by atoms with Gasteiger partial charge in [0, 0.05) is 31.7 Å². The Balaban J connectivity index is 2.16. The predicted octanol–water partition coefficient (Wildman–Crippen LogP) is 3.16. The van der Waals surface area contributed by atoms with Gasteiger partial charge >= 0.3 is 0 Å². The summed E-state index contributed by atoms with van der Waals surface area (Å²) in [5, 5.41) is 0.408. The fourth-order valence-electron chi connectivity index (χ4n) is 2.68. The van der Waals surface area contributed by atoms with Gasteiger partial charge in [-0.25, -0.2) is 0 Å². The zero-order valence-corrected chi connectivity index (χ0v) is 15.7. The average molecular weight is 355 g/mol. The molecule has 0 atom stereocenters. The SMILES string of the molecule is CCN1CCN(C(=O)c2cc(Cl)c(OCC(C)C)c(OC)c2)CC1. The van der Waals surface area contributed by atoms with E-state index in [2.05, 4.69) is 25.7 Å². The lowest BCUT2D eigenvalue weighted by molar-refractivity contribution is 0.0643. The number of carbonyl (C=O) groups excluding carboxylic acids is 1. The summed E-state index contributed by atoms with van der Waals surface area (Å²) in [5.74, 6) is 1.36. The van der Waals surface area contributed by atoms with Crippen molar-refractivity contribution in [2.45, 2.75) is 20.8 Å². The predicted molar refractivity (Wildman–Crippen MR) is 96.4 cm³/mol. The number of benzene rings is 1. The van der Waals surface area contributed by atoms with Crippen LogP contribution in [-0.2, 0) is 0 Å². The van der Waals surface area contributed by atoms with Crippen LogP contribution in [-0.4, -0.2) is 62.1 Å². The summed E-state index contributed by atoms with van der Waals surface area (Å²) in [7, 11) is 1.56. The van der Waals surface area contributed by atoms with Gasteiger partial charge < -0.3 is 19.3 Å². The highest BCUT2D eigenvalue weighted by molar-refractivity contribution is 6.32. The van der Waals surface area contributed by atoms with E-state index >= 15 is 0 Å². The van der Waals surface area contributed by atoms with Gasteiger partial charge in [0.15, 0.2) is 11.5 Å². The Bertz CT molecular complexity index is 570. The molecule has 1 saturated heterocycles. The van der Waals surface area contributed by atoms with E-state index in [4.69, 9.17) is 21.1 Å². The van der Waals surface area contributed by atoms with Gasteiger partial charge in [-0.15, -0.1) is 0 Å². The van der Waals surface area contributed by atoms with E-state index in [1.165, 1.54) is 0 Å². The van der Waals surface area contributed by atoms with Gasteiger partial charge in [0.1, 0.15) is 0 Å².